The van der Waals surface area contributed by atoms with Crippen LogP contribution in [0.25, 0.3) is 10.9 Å². The lowest BCUT2D eigenvalue weighted by molar-refractivity contribution is 0.0989. The summed E-state index contributed by atoms with van der Waals surface area (Å²) in [6, 6.07) is 13.4. The number of Topliss-reactive ketones (excluding diaryl/α,β-unsaturated/α-hetero) is 1. The second-order valence-electron chi connectivity index (χ2n) is 7.08. The predicted molar refractivity (Wildman–Crippen MR) is 124 cm³/mol. The van der Waals surface area contributed by atoms with E-state index in [2.05, 4.69) is 5.10 Å². The smallest absolute Gasteiger partial charge is 0.258 e. The van der Waals surface area contributed by atoms with Gasteiger partial charge in [-0.15, -0.1) is 0 Å². The minimum atomic E-state index is -3.90. The van der Waals surface area contributed by atoms with Crippen LogP contribution in [0.1, 0.15) is 21.5 Å². The minimum absolute atomic E-state index is 0.0188. The van der Waals surface area contributed by atoms with Crippen LogP contribution < -0.4 is 0 Å². The van der Waals surface area contributed by atoms with Crippen molar-refractivity contribution in [3.05, 3.63) is 98.4 Å². The zero-order valence-electron chi connectivity index (χ0n) is 16.2. The van der Waals surface area contributed by atoms with Crippen molar-refractivity contribution in [2.45, 2.75) is 12.2 Å². The first-order chi connectivity index (χ1) is 15.2. The van der Waals surface area contributed by atoms with Crippen LogP contribution in [-0.2, 0) is 22.2 Å². The molecule has 0 N–H and O–H groups in total. The monoisotopic (exact) mass is 510 g/mol. The minimum Gasteiger partial charge on any atom is -0.294 e. The molecule has 0 saturated heterocycles. The number of carbonyl (C=O) groups is 1. The number of halogens is 4. The Kier molecular flexibility index (Phi) is 6.27. The number of nitrogens with zero attached hydrogens (tertiary/aromatic N) is 2. The third-order valence-corrected chi connectivity index (χ3v) is 7.38. The maximum atomic E-state index is 14.1. The zero-order chi connectivity index (χ0) is 23.0. The fraction of sp³-hybridized carbons (Fsp3) is 0.0909. The molecule has 4 aromatic rings. The first kappa shape index (κ1) is 22.7. The number of benzene rings is 3. The average Bonchev–Trinajstić information content (AvgIpc) is 3.15. The molecule has 10 heteroatoms. The van der Waals surface area contributed by atoms with Gasteiger partial charge in [-0.2, -0.15) is 9.19 Å². The molecule has 0 radical (unpaired) electrons. The number of ketones is 1. The third kappa shape index (κ3) is 4.52. The molecule has 0 amide bonds. The Hall–Kier alpha value is -2.45. The molecule has 32 heavy (non-hydrogen) atoms. The molecule has 5 nitrogen and oxygen atoms in total. The van der Waals surface area contributed by atoms with Gasteiger partial charge in [-0.3, -0.25) is 4.79 Å². The van der Waals surface area contributed by atoms with Gasteiger partial charge >= 0.3 is 0 Å². The summed E-state index contributed by atoms with van der Waals surface area (Å²) < 4.78 is 41.0. The van der Waals surface area contributed by atoms with E-state index in [1.807, 2.05) is 0 Å². The molecule has 0 atom stereocenters. The molecule has 1 heterocycles. The molecule has 4 rings (SSSR count). The van der Waals surface area contributed by atoms with Gasteiger partial charge in [-0.1, -0.05) is 59.1 Å². The van der Waals surface area contributed by atoms with Crippen molar-refractivity contribution in [1.82, 2.24) is 9.19 Å². The summed E-state index contributed by atoms with van der Waals surface area (Å²) in [4.78, 5) is 12.6. The quantitative estimate of drug-likeness (QED) is 0.301. The lowest BCUT2D eigenvalue weighted by Crippen LogP contribution is -2.16. The molecule has 0 aliphatic heterocycles. The van der Waals surface area contributed by atoms with Gasteiger partial charge < -0.3 is 0 Å². The second-order valence-corrected chi connectivity index (χ2v) is 10.1. The summed E-state index contributed by atoms with van der Waals surface area (Å²) in [5.41, 5.74) is 1.04. The number of rotatable bonds is 6. The van der Waals surface area contributed by atoms with E-state index in [9.17, 15) is 17.6 Å². The van der Waals surface area contributed by atoms with Crippen LogP contribution in [0.3, 0.4) is 0 Å². The van der Waals surface area contributed by atoms with Crippen molar-refractivity contribution in [2.24, 2.45) is 0 Å². The van der Waals surface area contributed by atoms with Gasteiger partial charge in [0, 0.05) is 11.8 Å². The molecular formula is C22H14Cl3FN2O3S. The van der Waals surface area contributed by atoms with Crippen molar-refractivity contribution in [3.63, 3.8) is 0 Å². The molecule has 0 aliphatic carbocycles. The molecule has 1 aromatic heterocycles. The van der Waals surface area contributed by atoms with Crippen molar-refractivity contribution >= 4 is 61.5 Å². The van der Waals surface area contributed by atoms with E-state index in [0.717, 1.165) is 10.2 Å². The van der Waals surface area contributed by atoms with Gasteiger partial charge in [-0.05, 0) is 41.5 Å². The maximum Gasteiger partial charge on any atom is 0.258 e. The maximum absolute atomic E-state index is 14.1. The first-order valence-corrected chi connectivity index (χ1v) is 12.0. The molecule has 0 aliphatic rings. The van der Waals surface area contributed by atoms with E-state index in [-0.39, 0.29) is 27.8 Å². The Balaban J connectivity index is 1.66. The van der Waals surface area contributed by atoms with Crippen molar-refractivity contribution in [3.8, 4) is 0 Å². The zero-order valence-corrected chi connectivity index (χ0v) is 19.3. The van der Waals surface area contributed by atoms with E-state index in [4.69, 9.17) is 34.8 Å². The largest absolute Gasteiger partial charge is 0.294 e. The predicted octanol–water partition coefficient (Wildman–Crippen LogP) is 5.94. The van der Waals surface area contributed by atoms with Gasteiger partial charge in [0.2, 0.25) is 0 Å². The number of aromatic nitrogens is 2. The molecule has 0 fully saturated rings. The Morgan fingerprint density at radius 2 is 1.69 bits per heavy atom. The van der Waals surface area contributed by atoms with Gasteiger partial charge in [0.05, 0.1) is 38.1 Å². The van der Waals surface area contributed by atoms with Crippen molar-refractivity contribution < 1.29 is 17.6 Å². The SMILES string of the molecule is O=C(Cc1ccc2cnn(S(=O)(=O)Cc3ccc(Cl)c(Cl)c3)c2c1)c1c(F)cccc1Cl. The molecule has 0 unspecified atom stereocenters. The van der Waals surface area contributed by atoms with Gasteiger partial charge in [0.25, 0.3) is 10.0 Å². The van der Waals surface area contributed by atoms with Gasteiger partial charge in [-0.25, -0.2) is 12.8 Å². The standard InChI is InChI=1S/C22H14Cl3FN2O3S/c23-16-7-5-14(8-18(16)25)12-32(30,31)28-20-9-13(4-6-15(20)11-27-28)10-21(29)22-17(24)2-1-3-19(22)26/h1-9,11H,10,12H2. The summed E-state index contributed by atoms with van der Waals surface area (Å²) >= 11 is 17.9. The van der Waals surface area contributed by atoms with Crippen LogP contribution in [0.15, 0.2) is 60.8 Å². The molecule has 0 spiro atoms. The number of hydrogen-bond donors (Lipinski definition) is 0. The lowest BCUT2D eigenvalue weighted by atomic mass is 10.0. The summed E-state index contributed by atoms with van der Waals surface area (Å²) in [6.45, 7) is 0. The summed E-state index contributed by atoms with van der Waals surface area (Å²) in [5.74, 6) is -1.58. The van der Waals surface area contributed by atoms with Crippen LogP contribution in [0, 0.1) is 5.82 Å². The van der Waals surface area contributed by atoms with Crippen LogP contribution in [-0.4, -0.2) is 23.4 Å². The van der Waals surface area contributed by atoms with Crippen LogP contribution in [0.4, 0.5) is 4.39 Å². The third-order valence-electron chi connectivity index (χ3n) is 4.81. The number of carbonyl (C=O) groups excluding carboxylic acids is 1. The van der Waals surface area contributed by atoms with Gasteiger partial charge in [0.15, 0.2) is 5.78 Å². The summed E-state index contributed by atoms with van der Waals surface area (Å²) in [6.07, 6.45) is 1.26. The molecule has 0 bridgehead atoms. The van der Waals surface area contributed by atoms with E-state index in [0.29, 0.717) is 27.1 Å². The fourth-order valence-electron chi connectivity index (χ4n) is 3.31. The Labute approximate surface area is 198 Å². The Morgan fingerprint density at radius 1 is 0.938 bits per heavy atom. The molecule has 0 saturated carbocycles. The molecular weight excluding hydrogens is 498 g/mol. The van der Waals surface area contributed by atoms with Crippen LogP contribution in [0.2, 0.25) is 15.1 Å². The van der Waals surface area contributed by atoms with Gasteiger partial charge in [0.1, 0.15) is 5.82 Å². The van der Waals surface area contributed by atoms with Crippen molar-refractivity contribution in [2.75, 3.05) is 0 Å². The highest BCUT2D eigenvalue weighted by Gasteiger charge is 2.21. The average molecular weight is 512 g/mol. The van der Waals surface area contributed by atoms with Crippen LogP contribution >= 0.6 is 34.8 Å². The van der Waals surface area contributed by atoms with E-state index < -0.39 is 21.6 Å². The van der Waals surface area contributed by atoms with Crippen molar-refractivity contribution in [1.29, 1.82) is 0 Å². The normalized spacial score (nSPS) is 11.8. The fourth-order valence-corrected chi connectivity index (χ4v) is 5.27. The van der Waals surface area contributed by atoms with Crippen LogP contribution in [0.5, 0.6) is 0 Å². The Bertz CT molecular complexity index is 1450. The van der Waals surface area contributed by atoms with E-state index >= 15 is 0 Å². The highest BCUT2D eigenvalue weighted by Crippen LogP contribution is 2.26. The lowest BCUT2D eigenvalue weighted by Gasteiger charge is -2.09. The van der Waals surface area contributed by atoms with E-state index in [1.54, 1.807) is 24.3 Å². The van der Waals surface area contributed by atoms with E-state index in [1.165, 1.54) is 30.5 Å². The highest BCUT2D eigenvalue weighted by atomic mass is 35.5. The topological polar surface area (TPSA) is 69.0 Å². The highest BCUT2D eigenvalue weighted by molar-refractivity contribution is 7.89. The molecule has 3 aromatic carbocycles. The summed E-state index contributed by atoms with van der Waals surface area (Å²) in [5, 5.41) is 5.17. The summed E-state index contributed by atoms with van der Waals surface area (Å²) in [7, 11) is -3.90. The number of fused-ring (bicyclic) bond motifs is 1. The first-order valence-electron chi connectivity index (χ1n) is 9.27. The molecule has 164 valence electrons. The Morgan fingerprint density at radius 3 is 2.41 bits per heavy atom. The second kappa shape index (κ2) is 8.83. The number of hydrogen-bond acceptors (Lipinski definition) is 4.